The van der Waals surface area contributed by atoms with Crippen LogP contribution in [0, 0.1) is 0 Å². The Morgan fingerprint density at radius 2 is 0.967 bits per heavy atom. The lowest BCUT2D eigenvalue weighted by Crippen LogP contribution is -2.42. The van der Waals surface area contributed by atoms with Crippen LogP contribution in [0.15, 0.2) is 0 Å². The van der Waals surface area contributed by atoms with E-state index in [2.05, 4.69) is 0 Å². The van der Waals surface area contributed by atoms with Crippen molar-refractivity contribution in [3.05, 3.63) is 0 Å². The zero-order valence-corrected chi connectivity index (χ0v) is 16.6. The molecule has 0 rings (SSSR count). The van der Waals surface area contributed by atoms with Gasteiger partial charge in [0, 0.05) is 0 Å². The third kappa shape index (κ3) is 10.3. The van der Waals surface area contributed by atoms with Crippen LogP contribution in [-0.2, 0) is 38.2 Å². The minimum Gasteiger partial charge on any atom is -0.451 e. The molecule has 12 heteroatoms. The van der Waals surface area contributed by atoms with Gasteiger partial charge in [-0.1, -0.05) is 0 Å². The smallest absolute Gasteiger partial charge is 0.307 e. The SMILES string of the molecule is CC(=O)CC(=O)C(OC(=O)CCC(=O)OC(C(=O)CC(C)=O)C(O)CO)C(O)CO. The van der Waals surface area contributed by atoms with Crippen LogP contribution in [0.3, 0.4) is 0 Å². The molecule has 0 bridgehead atoms. The van der Waals surface area contributed by atoms with Gasteiger partial charge in [-0.15, -0.1) is 0 Å². The second-order valence-electron chi connectivity index (χ2n) is 6.51. The maximum Gasteiger partial charge on any atom is 0.307 e. The van der Waals surface area contributed by atoms with Crippen LogP contribution < -0.4 is 0 Å². The van der Waals surface area contributed by atoms with Gasteiger partial charge in [-0.05, 0) is 13.8 Å². The summed E-state index contributed by atoms with van der Waals surface area (Å²) in [6.45, 7) is 0.344. The first kappa shape index (κ1) is 27.5. The van der Waals surface area contributed by atoms with Gasteiger partial charge in [0.15, 0.2) is 23.8 Å². The first-order valence-electron chi connectivity index (χ1n) is 8.94. The highest BCUT2D eigenvalue weighted by Crippen LogP contribution is 2.10. The number of carbonyl (C=O) groups excluding carboxylic acids is 6. The lowest BCUT2D eigenvalue weighted by Gasteiger charge is -2.21. The molecule has 12 nitrogen and oxygen atoms in total. The normalized spacial score (nSPS) is 14.7. The predicted molar refractivity (Wildman–Crippen MR) is 95.8 cm³/mol. The second-order valence-corrected chi connectivity index (χ2v) is 6.51. The molecule has 0 aliphatic carbocycles. The highest BCUT2D eigenvalue weighted by molar-refractivity contribution is 6.01. The molecule has 4 N–H and O–H groups in total. The van der Waals surface area contributed by atoms with Gasteiger partial charge in [0.05, 0.1) is 38.9 Å². The number of hydrogen-bond donors (Lipinski definition) is 4. The summed E-state index contributed by atoms with van der Waals surface area (Å²) in [5, 5.41) is 37.1. The fourth-order valence-corrected chi connectivity index (χ4v) is 2.21. The number of ether oxygens (including phenoxy) is 2. The summed E-state index contributed by atoms with van der Waals surface area (Å²) in [5.41, 5.74) is 0. The van der Waals surface area contributed by atoms with E-state index >= 15 is 0 Å². The Morgan fingerprint density at radius 3 is 1.20 bits per heavy atom. The largest absolute Gasteiger partial charge is 0.451 e. The Morgan fingerprint density at radius 1 is 0.667 bits per heavy atom. The van der Waals surface area contributed by atoms with Crippen LogP contribution in [0.25, 0.3) is 0 Å². The van der Waals surface area contributed by atoms with E-state index in [1.165, 1.54) is 0 Å². The highest BCUT2D eigenvalue weighted by atomic mass is 16.6. The van der Waals surface area contributed by atoms with Gasteiger partial charge in [-0.25, -0.2) is 0 Å². The van der Waals surface area contributed by atoms with E-state index in [0.717, 1.165) is 13.8 Å². The number of rotatable bonds is 15. The highest BCUT2D eigenvalue weighted by Gasteiger charge is 2.32. The van der Waals surface area contributed by atoms with E-state index in [0.29, 0.717) is 0 Å². The molecule has 0 aromatic heterocycles. The first-order valence-corrected chi connectivity index (χ1v) is 8.94. The van der Waals surface area contributed by atoms with E-state index in [1.54, 1.807) is 0 Å². The van der Waals surface area contributed by atoms with Crippen molar-refractivity contribution in [2.75, 3.05) is 13.2 Å². The summed E-state index contributed by atoms with van der Waals surface area (Å²) in [4.78, 5) is 69.5. The van der Waals surface area contributed by atoms with Crippen molar-refractivity contribution < 1.29 is 58.7 Å². The zero-order chi connectivity index (χ0) is 23.4. The molecular weight excluding hydrogens is 408 g/mol. The second kappa shape index (κ2) is 13.6. The molecule has 0 aromatic rings. The molecule has 0 aromatic carbocycles. The van der Waals surface area contributed by atoms with E-state index in [1.807, 2.05) is 0 Å². The van der Waals surface area contributed by atoms with Gasteiger partial charge < -0.3 is 29.9 Å². The molecule has 0 aliphatic rings. The third-order valence-corrected chi connectivity index (χ3v) is 3.60. The third-order valence-electron chi connectivity index (χ3n) is 3.60. The standard InChI is InChI=1S/C18H26O12/c1-9(21)5-11(23)17(13(25)7-19)29-15(27)3-4-16(28)30-18(14(26)8-20)12(24)6-10(2)22/h13-14,17-20,25-26H,3-8H2,1-2H3. The molecule has 0 amide bonds. The molecule has 0 aliphatic heterocycles. The van der Waals surface area contributed by atoms with Crippen molar-refractivity contribution in [3.63, 3.8) is 0 Å². The molecule has 30 heavy (non-hydrogen) atoms. The van der Waals surface area contributed by atoms with Gasteiger partial charge in [0.1, 0.15) is 23.8 Å². The van der Waals surface area contributed by atoms with E-state index < -0.39 is 98.4 Å². The summed E-state index contributed by atoms with van der Waals surface area (Å²) in [7, 11) is 0. The van der Waals surface area contributed by atoms with Crippen LogP contribution in [-0.4, -0.2) is 93.1 Å². The number of aliphatic hydroxyl groups is 4. The average molecular weight is 434 g/mol. The Balaban J connectivity index is 4.90. The summed E-state index contributed by atoms with van der Waals surface area (Å²) in [6.07, 6.45) is -9.80. The minimum atomic E-state index is -1.82. The average Bonchev–Trinajstić information content (AvgIpc) is 2.66. The summed E-state index contributed by atoms with van der Waals surface area (Å²) >= 11 is 0. The monoisotopic (exact) mass is 434 g/mol. The molecule has 0 heterocycles. The topological polar surface area (TPSA) is 202 Å². The van der Waals surface area contributed by atoms with Crippen molar-refractivity contribution in [1.29, 1.82) is 0 Å². The Bertz CT molecular complexity index is 600. The molecular formula is C18H26O12. The molecule has 0 spiro atoms. The molecule has 0 radical (unpaired) electrons. The molecule has 0 fully saturated rings. The van der Waals surface area contributed by atoms with Gasteiger partial charge in [-0.2, -0.15) is 0 Å². The molecule has 4 atom stereocenters. The van der Waals surface area contributed by atoms with Crippen LogP contribution >= 0.6 is 0 Å². The number of aliphatic hydroxyl groups excluding tert-OH is 4. The molecule has 170 valence electrons. The summed E-state index contributed by atoms with van der Waals surface area (Å²) in [6, 6.07) is 0. The Hall–Kier alpha value is -2.54. The van der Waals surface area contributed by atoms with Crippen LogP contribution in [0.4, 0.5) is 0 Å². The van der Waals surface area contributed by atoms with Crippen molar-refractivity contribution in [2.45, 2.75) is 63.9 Å². The lowest BCUT2D eigenvalue weighted by molar-refractivity contribution is -0.168. The van der Waals surface area contributed by atoms with E-state index in [-0.39, 0.29) is 0 Å². The first-order chi connectivity index (χ1) is 13.9. The van der Waals surface area contributed by atoms with Gasteiger partial charge in [0.25, 0.3) is 0 Å². The lowest BCUT2D eigenvalue weighted by atomic mass is 10.1. The van der Waals surface area contributed by atoms with E-state index in [9.17, 15) is 39.0 Å². The number of Topliss-reactive ketones (excluding diaryl/α,β-unsaturated/α-hetero) is 4. The molecule has 0 saturated heterocycles. The quantitative estimate of drug-likeness (QED) is 0.155. The number of hydrogen-bond acceptors (Lipinski definition) is 12. The van der Waals surface area contributed by atoms with Crippen molar-refractivity contribution in [2.24, 2.45) is 0 Å². The van der Waals surface area contributed by atoms with Gasteiger partial charge in [0.2, 0.25) is 0 Å². The maximum absolute atomic E-state index is 11.9. The fourth-order valence-electron chi connectivity index (χ4n) is 2.21. The summed E-state index contributed by atoms with van der Waals surface area (Å²) < 4.78 is 9.46. The summed E-state index contributed by atoms with van der Waals surface area (Å²) in [5.74, 6) is -5.29. The minimum absolute atomic E-state index is 0.557. The number of carbonyl (C=O) groups is 6. The number of esters is 2. The zero-order valence-electron chi connectivity index (χ0n) is 16.6. The van der Waals surface area contributed by atoms with Crippen LogP contribution in [0.5, 0.6) is 0 Å². The van der Waals surface area contributed by atoms with Gasteiger partial charge >= 0.3 is 11.9 Å². The van der Waals surface area contributed by atoms with Crippen molar-refractivity contribution >= 4 is 35.1 Å². The number of ketones is 4. The Kier molecular flexibility index (Phi) is 12.5. The van der Waals surface area contributed by atoms with Crippen molar-refractivity contribution in [3.8, 4) is 0 Å². The maximum atomic E-state index is 11.9. The Labute approximate surface area is 171 Å². The molecule has 4 unspecified atom stereocenters. The fraction of sp³-hybridized carbons (Fsp3) is 0.667. The van der Waals surface area contributed by atoms with Crippen molar-refractivity contribution in [1.82, 2.24) is 0 Å². The molecule has 0 saturated carbocycles. The van der Waals surface area contributed by atoms with Crippen LogP contribution in [0.2, 0.25) is 0 Å². The van der Waals surface area contributed by atoms with E-state index in [4.69, 9.17) is 19.7 Å². The van der Waals surface area contributed by atoms with Gasteiger partial charge in [-0.3, -0.25) is 28.8 Å². The predicted octanol–water partition coefficient (Wildman–Crippen LogP) is -2.61. The van der Waals surface area contributed by atoms with Crippen LogP contribution in [0.1, 0.15) is 39.5 Å².